The summed E-state index contributed by atoms with van der Waals surface area (Å²) in [7, 11) is 0. The predicted molar refractivity (Wildman–Crippen MR) is 99.8 cm³/mol. The maximum absolute atomic E-state index is 13.6. The second-order valence-corrected chi connectivity index (χ2v) is 8.63. The molecule has 3 saturated carbocycles. The lowest BCUT2D eigenvalue weighted by molar-refractivity contribution is 0.159. The number of hydrogen-bond acceptors (Lipinski definition) is 1. The average molecular weight is 378 g/mol. The number of rotatable bonds is 4. The zero-order valence-electron chi connectivity index (χ0n) is 15.9. The smallest absolute Gasteiger partial charge is 0.194 e. The molecule has 4 heteroatoms. The quantitative estimate of drug-likeness (QED) is 0.394. The van der Waals surface area contributed by atoms with Crippen LogP contribution in [0.3, 0.4) is 0 Å². The van der Waals surface area contributed by atoms with Crippen LogP contribution in [-0.4, -0.2) is 0 Å². The summed E-state index contributed by atoms with van der Waals surface area (Å²) >= 11 is 0. The Hall–Kier alpha value is -1.45. The fraction of sp³-hybridized carbons (Fsp3) is 0.652. The highest BCUT2D eigenvalue weighted by Crippen LogP contribution is 2.44. The van der Waals surface area contributed by atoms with E-state index in [1.54, 1.807) is 0 Å². The third-order valence-electron chi connectivity index (χ3n) is 6.95. The zero-order chi connectivity index (χ0) is 18.8. The summed E-state index contributed by atoms with van der Waals surface area (Å²) in [5.74, 6) is -0.781. The van der Waals surface area contributed by atoms with Gasteiger partial charge in [0.1, 0.15) is 11.5 Å². The van der Waals surface area contributed by atoms with Gasteiger partial charge in [0.2, 0.25) is 0 Å². The van der Waals surface area contributed by atoms with E-state index in [1.807, 2.05) is 0 Å². The largest absolute Gasteiger partial charge is 0.461 e. The highest BCUT2D eigenvalue weighted by molar-refractivity contribution is 5.29. The molecular weight excluding hydrogens is 349 g/mol. The maximum Gasteiger partial charge on any atom is 0.194 e. The van der Waals surface area contributed by atoms with Gasteiger partial charge in [-0.3, -0.25) is 0 Å². The van der Waals surface area contributed by atoms with Crippen molar-refractivity contribution in [2.75, 3.05) is 0 Å². The first-order valence-corrected chi connectivity index (χ1v) is 10.7. The molecule has 148 valence electrons. The lowest BCUT2D eigenvalue weighted by atomic mass is 9.70. The average Bonchev–Trinajstić information content (AvgIpc) is 2.65. The molecule has 0 aromatic heterocycles. The number of hydrogen-bond donors (Lipinski definition) is 0. The summed E-state index contributed by atoms with van der Waals surface area (Å²) in [5, 5.41) is 0. The van der Waals surface area contributed by atoms with Crippen molar-refractivity contribution >= 4 is 0 Å². The van der Waals surface area contributed by atoms with Gasteiger partial charge in [-0.05, 0) is 62.4 Å². The van der Waals surface area contributed by atoms with Crippen LogP contribution >= 0.6 is 0 Å². The molecule has 0 spiro atoms. The molecule has 0 atom stereocenters. The molecule has 3 aliphatic carbocycles. The standard InChI is InChI=1S/C23H29F3O/c24-20-13-19(14-21(25)22(20)26)27-23(17-7-4-8-17)18-11-9-16(10-12-18)15-5-2-1-3-6-15/h13-16,18H,1-12H2. The van der Waals surface area contributed by atoms with E-state index in [0.29, 0.717) is 5.92 Å². The molecule has 27 heavy (non-hydrogen) atoms. The van der Waals surface area contributed by atoms with Crippen molar-refractivity contribution in [3.05, 3.63) is 40.9 Å². The summed E-state index contributed by atoms with van der Waals surface area (Å²) in [6, 6.07) is 1.93. The molecule has 1 nitrogen and oxygen atoms in total. The van der Waals surface area contributed by atoms with Gasteiger partial charge in [-0.2, -0.15) is 0 Å². The molecule has 3 fully saturated rings. The lowest BCUT2D eigenvalue weighted by Crippen LogP contribution is -2.26. The van der Waals surface area contributed by atoms with Crippen LogP contribution in [0.25, 0.3) is 0 Å². The Morgan fingerprint density at radius 2 is 1.33 bits per heavy atom. The molecule has 0 radical (unpaired) electrons. The second kappa shape index (κ2) is 8.28. The van der Waals surface area contributed by atoms with E-state index in [-0.39, 0.29) is 5.75 Å². The first-order chi connectivity index (χ1) is 13.1. The van der Waals surface area contributed by atoms with Crippen molar-refractivity contribution in [2.45, 2.75) is 77.0 Å². The second-order valence-electron chi connectivity index (χ2n) is 8.63. The topological polar surface area (TPSA) is 9.23 Å². The Bertz CT molecular complexity index is 669. The van der Waals surface area contributed by atoms with Crippen molar-refractivity contribution in [3.63, 3.8) is 0 Å². The summed E-state index contributed by atoms with van der Waals surface area (Å²) in [5.41, 5.74) is 1.28. The van der Waals surface area contributed by atoms with Crippen LogP contribution in [0.4, 0.5) is 13.2 Å². The first kappa shape index (κ1) is 18.9. The third-order valence-corrected chi connectivity index (χ3v) is 6.95. The van der Waals surface area contributed by atoms with E-state index in [0.717, 1.165) is 61.8 Å². The molecule has 0 heterocycles. The van der Waals surface area contributed by atoms with Gasteiger partial charge in [0.05, 0.1) is 0 Å². The van der Waals surface area contributed by atoms with Gasteiger partial charge in [0.15, 0.2) is 17.5 Å². The van der Waals surface area contributed by atoms with Crippen molar-refractivity contribution in [3.8, 4) is 5.75 Å². The number of allylic oxidation sites excluding steroid dienone is 2. The minimum Gasteiger partial charge on any atom is -0.461 e. The van der Waals surface area contributed by atoms with Crippen LogP contribution in [0.5, 0.6) is 5.75 Å². The van der Waals surface area contributed by atoms with E-state index in [4.69, 9.17) is 4.74 Å². The number of benzene rings is 1. The normalized spacial score (nSPS) is 26.6. The van der Waals surface area contributed by atoms with Gasteiger partial charge >= 0.3 is 0 Å². The highest BCUT2D eigenvalue weighted by atomic mass is 19.2. The molecule has 0 unspecified atom stereocenters. The van der Waals surface area contributed by atoms with Gasteiger partial charge in [0.25, 0.3) is 0 Å². The van der Waals surface area contributed by atoms with Gasteiger partial charge < -0.3 is 4.74 Å². The van der Waals surface area contributed by atoms with Crippen LogP contribution < -0.4 is 4.74 Å². The Balaban J connectivity index is 1.45. The van der Waals surface area contributed by atoms with Crippen LogP contribution in [0.1, 0.15) is 77.0 Å². The van der Waals surface area contributed by atoms with Crippen LogP contribution in [-0.2, 0) is 0 Å². The number of ether oxygens (including phenoxy) is 1. The molecule has 0 amide bonds. The first-order valence-electron chi connectivity index (χ1n) is 10.7. The Morgan fingerprint density at radius 1 is 0.741 bits per heavy atom. The van der Waals surface area contributed by atoms with Crippen molar-refractivity contribution < 1.29 is 17.9 Å². The van der Waals surface area contributed by atoms with Gasteiger partial charge in [-0.1, -0.05) is 32.1 Å². The predicted octanol–water partition coefficient (Wildman–Crippen LogP) is 7.31. The summed E-state index contributed by atoms with van der Waals surface area (Å²) in [6.07, 6.45) is 14.7. The maximum atomic E-state index is 13.6. The molecule has 0 saturated heterocycles. The fourth-order valence-electron chi connectivity index (χ4n) is 5.22. The van der Waals surface area contributed by atoms with Crippen LogP contribution in [0.15, 0.2) is 23.5 Å². The minimum absolute atomic E-state index is 0.0789. The summed E-state index contributed by atoms with van der Waals surface area (Å²) < 4.78 is 46.4. The Labute approximate surface area is 160 Å². The summed E-state index contributed by atoms with van der Waals surface area (Å²) in [4.78, 5) is 0. The van der Waals surface area contributed by atoms with Gasteiger partial charge in [0, 0.05) is 18.1 Å². The molecule has 4 rings (SSSR count). The fourth-order valence-corrected chi connectivity index (χ4v) is 5.22. The Morgan fingerprint density at radius 3 is 1.89 bits per heavy atom. The molecule has 1 aromatic rings. The zero-order valence-corrected chi connectivity index (χ0v) is 15.9. The van der Waals surface area contributed by atoms with Crippen molar-refractivity contribution in [1.82, 2.24) is 0 Å². The van der Waals surface area contributed by atoms with Gasteiger partial charge in [-0.15, -0.1) is 0 Å². The van der Waals surface area contributed by atoms with E-state index < -0.39 is 17.5 Å². The molecule has 0 bridgehead atoms. The number of halogens is 3. The minimum atomic E-state index is -1.44. The van der Waals surface area contributed by atoms with Crippen LogP contribution in [0.2, 0.25) is 0 Å². The highest BCUT2D eigenvalue weighted by Gasteiger charge is 2.32. The molecule has 1 aromatic carbocycles. The van der Waals surface area contributed by atoms with Gasteiger partial charge in [-0.25, -0.2) is 13.2 Å². The SMILES string of the molecule is Fc1cc(OC(=C2CCC2)C2CCC(C3CCCCC3)CC2)cc(F)c1F. The molecule has 3 aliphatic rings. The van der Waals surface area contributed by atoms with Crippen molar-refractivity contribution in [2.24, 2.45) is 17.8 Å². The van der Waals surface area contributed by atoms with E-state index >= 15 is 0 Å². The van der Waals surface area contributed by atoms with E-state index in [9.17, 15) is 13.2 Å². The van der Waals surface area contributed by atoms with E-state index in [2.05, 4.69) is 0 Å². The van der Waals surface area contributed by atoms with Crippen molar-refractivity contribution in [1.29, 1.82) is 0 Å². The Kier molecular flexibility index (Phi) is 5.79. The molecule has 0 aliphatic heterocycles. The molecule has 0 N–H and O–H groups in total. The molecular formula is C23H29F3O. The summed E-state index contributed by atoms with van der Waals surface area (Å²) in [6.45, 7) is 0. The lowest BCUT2D eigenvalue weighted by Gasteiger charge is -2.37. The third kappa shape index (κ3) is 4.20. The van der Waals surface area contributed by atoms with Crippen LogP contribution in [0, 0.1) is 35.2 Å². The monoisotopic (exact) mass is 378 g/mol. The van der Waals surface area contributed by atoms with E-state index in [1.165, 1.54) is 50.5 Å².